The number of hydrogen-bond acceptors (Lipinski definition) is 3. The van der Waals surface area contributed by atoms with Crippen LogP contribution in [-0.2, 0) is 0 Å². The van der Waals surface area contributed by atoms with Crippen molar-refractivity contribution >= 4 is 70.0 Å². The molecule has 22 heavy (non-hydrogen) atoms. The topological polar surface area (TPSA) is 35.5 Å². The number of benzene rings is 1. The zero-order valence-corrected chi connectivity index (χ0v) is 18.8. The van der Waals surface area contributed by atoms with Gasteiger partial charge in [0.15, 0.2) is 0 Å². The van der Waals surface area contributed by atoms with Gasteiger partial charge in [-0.15, -0.1) is 24.8 Å². The molecule has 0 amide bonds. The number of phenols is 1. The van der Waals surface area contributed by atoms with Crippen molar-refractivity contribution < 1.29 is 5.11 Å². The van der Waals surface area contributed by atoms with E-state index < -0.39 is 0 Å². The number of aromatic hydroxyl groups is 1. The predicted octanol–water partition coefficient (Wildman–Crippen LogP) is 4.44. The molecule has 1 aliphatic heterocycles. The molecule has 1 atom stereocenters. The van der Waals surface area contributed by atoms with E-state index >= 15 is 0 Å². The van der Waals surface area contributed by atoms with Gasteiger partial charge in [-0.25, -0.2) is 0 Å². The van der Waals surface area contributed by atoms with Crippen molar-refractivity contribution in [2.24, 2.45) is 5.92 Å². The van der Waals surface area contributed by atoms with Crippen LogP contribution >= 0.6 is 70.0 Å². The number of piperazine rings is 1. The lowest BCUT2D eigenvalue weighted by Crippen LogP contribution is -2.45. The summed E-state index contributed by atoms with van der Waals surface area (Å²) in [4.78, 5) is 2.51. The molecule has 1 aliphatic rings. The highest BCUT2D eigenvalue weighted by molar-refractivity contribution is 14.1. The number of rotatable bonds is 4. The van der Waals surface area contributed by atoms with E-state index in [-0.39, 0.29) is 24.8 Å². The van der Waals surface area contributed by atoms with Crippen molar-refractivity contribution in [1.29, 1.82) is 0 Å². The average Bonchev–Trinajstić information content (AvgIpc) is 2.41. The Hall–Kier alpha value is 0.980. The Labute approximate surface area is 173 Å². The molecule has 1 aromatic carbocycles. The van der Waals surface area contributed by atoms with E-state index in [1.54, 1.807) is 0 Å². The number of nitrogens with one attached hydrogen (secondary N) is 1. The lowest BCUT2D eigenvalue weighted by Gasteiger charge is -2.36. The summed E-state index contributed by atoms with van der Waals surface area (Å²) >= 11 is 4.57. The lowest BCUT2D eigenvalue weighted by molar-refractivity contribution is 0.151. The summed E-state index contributed by atoms with van der Waals surface area (Å²) in [6.07, 6.45) is 1.09. The molecule has 0 aliphatic carbocycles. The third-order valence-electron chi connectivity index (χ3n) is 3.70. The van der Waals surface area contributed by atoms with Gasteiger partial charge in [-0.1, -0.05) is 13.8 Å². The monoisotopic (exact) mass is 572 g/mol. The van der Waals surface area contributed by atoms with Gasteiger partial charge in [0.05, 0.1) is 3.57 Å². The molecule has 0 saturated carbocycles. The molecule has 7 heteroatoms. The maximum Gasteiger partial charge on any atom is 0.133 e. The molecular formula is C15H24Cl2I2N2O. The number of halogens is 4. The van der Waals surface area contributed by atoms with Crippen LogP contribution in [0.2, 0.25) is 0 Å². The van der Waals surface area contributed by atoms with Crippen LogP contribution in [0.4, 0.5) is 0 Å². The van der Waals surface area contributed by atoms with Crippen LogP contribution in [0, 0.1) is 13.1 Å². The molecule has 0 bridgehead atoms. The quantitative estimate of drug-likeness (QED) is 0.524. The fraction of sp³-hybridized carbons (Fsp3) is 0.600. The summed E-state index contributed by atoms with van der Waals surface area (Å²) in [5, 5.41) is 13.9. The van der Waals surface area contributed by atoms with Crippen molar-refractivity contribution in [3.05, 3.63) is 24.8 Å². The smallest absolute Gasteiger partial charge is 0.133 e. The Kier molecular flexibility index (Phi) is 11.2. The van der Waals surface area contributed by atoms with Crippen LogP contribution in [0.25, 0.3) is 0 Å². The molecule has 1 fully saturated rings. The standard InChI is InChI=1S/C15H22I2N2O.2ClH/c1-10(2)7-14(19-5-3-18-4-6-19)12-8-11(16)9-13(17)15(12)20;;/h8-10,14,18,20H,3-7H2,1-2H3;2*1H/t14-;;/m1../s1. The summed E-state index contributed by atoms with van der Waals surface area (Å²) in [6, 6.07) is 4.50. The van der Waals surface area contributed by atoms with Crippen molar-refractivity contribution in [1.82, 2.24) is 10.2 Å². The molecule has 0 spiro atoms. The highest BCUT2D eigenvalue weighted by atomic mass is 127. The highest BCUT2D eigenvalue weighted by Crippen LogP contribution is 2.37. The first-order valence-corrected chi connectivity index (χ1v) is 9.27. The summed E-state index contributed by atoms with van der Waals surface area (Å²) in [6.45, 7) is 8.70. The minimum absolute atomic E-state index is 0. The second-order valence-electron chi connectivity index (χ2n) is 5.76. The van der Waals surface area contributed by atoms with Crippen LogP contribution in [0.5, 0.6) is 5.75 Å². The molecule has 128 valence electrons. The van der Waals surface area contributed by atoms with Gasteiger partial charge in [0, 0.05) is 41.4 Å². The molecule has 2 N–H and O–H groups in total. The SMILES string of the molecule is CC(C)C[C@H](c1cc(I)cc(I)c1O)N1CCNCC1.Cl.Cl. The van der Waals surface area contributed by atoms with Crippen LogP contribution in [0.1, 0.15) is 31.9 Å². The summed E-state index contributed by atoms with van der Waals surface area (Å²) in [7, 11) is 0. The highest BCUT2D eigenvalue weighted by Gasteiger charge is 2.26. The van der Waals surface area contributed by atoms with E-state index in [2.05, 4.69) is 75.3 Å². The number of nitrogens with zero attached hydrogens (tertiary/aromatic N) is 1. The molecule has 1 heterocycles. The largest absolute Gasteiger partial charge is 0.506 e. The summed E-state index contributed by atoms with van der Waals surface area (Å²) in [5.74, 6) is 1.08. The molecule has 0 aromatic heterocycles. The Balaban J connectivity index is 0.00000220. The van der Waals surface area contributed by atoms with E-state index in [1.165, 1.54) is 3.57 Å². The zero-order valence-electron chi connectivity index (χ0n) is 12.8. The molecule has 3 nitrogen and oxygen atoms in total. The van der Waals surface area contributed by atoms with Crippen LogP contribution in [0.15, 0.2) is 12.1 Å². The molecule has 1 saturated heterocycles. The summed E-state index contributed by atoms with van der Waals surface area (Å²) < 4.78 is 2.15. The van der Waals surface area contributed by atoms with Crippen molar-refractivity contribution in [3.8, 4) is 5.75 Å². The van der Waals surface area contributed by atoms with E-state index in [9.17, 15) is 5.11 Å². The fourth-order valence-corrected chi connectivity index (χ4v) is 4.64. The van der Waals surface area contributed by atoms with E-state index in [0.29, 0.717) is 17.7 Å². The third kappa shape index (κ3) is 6.12. The molecular weight excluding hydrogens is 549 g/mol. The maximum atomic E-state index is 10.5. The van der Waals surface area contributed by atoms with Crippen LogP contribution in [-0.4, -0.2) is 36.2 Å². The van der Waals surface area contributed by atoms with Gasteiger partial charge in [0.2, 0.25) is 0 Å². The Bertz CT molecular complexity index is 469. The Morgan fingerprint density at radius 3 is 2.32 bits per heavy atom. The second-order valence-corrected chi connectivity index (χ2v) is 8.16. The lowest BCUT2D eigenvalue weighted by atomic mass is 9.94. The minimum Gasteiger partial charge on any atom is -0.506 e. The number of hydrogen-bond donors (Lipinski definition) is 2. The van der Waals surface area contributed by atoms with Gasteiger partial charge in [0.1, 0.15) is 5.75 Å². The third-order valence-corrected chi connectivity index (χ3v) is 5.15. The first kappa shape index (κ1) is 23.0. The van der Waals surface area contributed by atoms with E-state index in [4.69, 9.17) is 0 Å². The first-order valence-electron chi connectivity index (χ1n) is 7.11. The molecule has 2 rings (SSSR count). The van der Waals surface area contributed by atoms with Gasteiger partial charge in [-0.05, 0) is 69.7 Å². The predicted molar refractivity (Wildman–Crippen MR) is 115 cm³/mol. The fourth-order valence-electron chi connectivity index (χ4n) is 2.75. The van der Waals surface area contributed by atoms with Crippen molar-refractivity contribution in [2.75, 3.05) is 26.2 Å². The van der Waals surface area contributed by atoms with Gasteiger partial charge in [0.25, 0.3) is 0 Å². The molecule has 0 unspecified atom stereocenters. The molecule has 0 radical (unpaired) electrons. The van der Waals surface area contributed by atoms with Crippen LogP contribution in [0.3, 0.4) is 0 Å². The van der Waals surface area contributed by atoms with E-state index in [0.717, 1.165) is 41.7 Å². The van der Waals surface area contributed by atoms with E-state index in [1.807, 2.05) is 6.07 Å². The van der Waals surface area contributed by atoms with Gasteiger partial charge in [-0.3, -0.25) is 4.90 Å². The zero-order chi connectivity index (χ0) is 14.7. The normalized spacial score (nSPS) is 16.8. The average molecular weight is 573 g/mol. The summed E-state index contributed by atoms with van der Waals surface area (Å²) in [5.41, 5.74) is 1.09. The first-order chi connectivity index (χ1) is 9.49. The second kappa shape index (κ2) is 10.8. The van der Waals surface area contributed by atoms with Crippen molar-refractivity contribution in [2.45, 2.75) is 26.3 Å². The maximum absolute atomic E-state index is 10.5. The van der Waals surface area contributed by atoms with Gasteiger partial charge < -0.3 is 10.4 Å². The van der Waals surface area contributed by atoms with Gasteiger partial charge in [-0.2, -0.15) is 0 Å². The Morgan fingerprint density at radius 2 is 1.77 bits per heavy atom. The van der Waals surface area contributed by atoms with Gasteiger partial charge >= 0.3 is 0 Å². The minimum atomic E-state index is 0. The van der Waals surface area contributed by atoms with Crippen LogP contribution < -0.4 is 5.32 Å². The molecule has 1 aromatic rings. The Morgan fingerprint density at radius 1 is 1.18 bits per heavy atom. The number of phenolic OH excluding ortho intramolecular Hbond substituents is 1. The van der Waals surface area contributed by atoms with Crippen molar-refractivity contribution in [3.63, 3.8) is 0 Å².